The van der Waals surface area contributed by atoms with Gasteiger partial charge in [-0.3, -0.25) is 10.6 Å². The van der Waals surface area contributed by atoms with Crippen LogP contribution < -0.4 is 10.6 Å². The molecule has 2 nitrogen and oxygen atoms in total. The van der Waals surface area contributed by atoms with Gasteiger partial charge in [-0.1, -0.05) is 0 Å². The topological polar surface area (TPSA) is 24.1 Å². The molecule has 0 spiro atoms. The van der Waals surface area contributed by atoms with Crippen LogP contribution in [0.15, 0.2) is 0 Å². The van der Waals surface area contributed by atoms with Crippen molar-refractivity contribution in [2.24, 2.45) is 0 Å². The van der Waals surface area contributed by atoms with E-state index in [1.165, 1.54) is 0 Å². The number of rotatable bonds is 0. The molecular weight excluding hydrogens is 133 g/mol. The second-order valence-electron chi connectivity index (χ2n) is 1.88. The lowest BCUT2D eigenvalue weighted by Crippen LogP contribution is -2.44. The summed E-state index contributed by atoms with van der Waals surface area (Å²) in [6.45, 7) is 0.786. The van der Waals surface area contributed by atoms with Gasteiger partial charge in [0, 0.05) is 13.1 Å². The largest absolute Gasteiger partial charge is 0.417 e. The first-order valence-corrected chi connectivity index (χ1v) is 2.64. The third-order valence-electron chi connectivity index (χ3n) is 1.15. The van der Waals surface area contributed by atoms with E-state index in [2.05, 4.69) is 10.6 Å². The van der Waals surface area contributed by atoms with Crippen molar-refractivity contribution >= 4 is 0 Å². The quantitative estimate of drug-likeness (QED) is 0.497. The van der Waals surface area contributed by atoms with Gasteiger partial charge in [-0.2, -0.15) is 13.2 Å². The summed E-state index contributed by atoms with van der Waals surface area (Å²) < 4.78 is 34.9. The van der Waals surface area contributed by atoms with Gasteiger partial charge in [-0.25, -0.2) is 0 Å². The van der Waals surface area contributed by atoms with Crippen molar-refractivity contribution in [1.82, 2.24) is 10.6 Å². The Morgan fingerprint density at radius 2 is 1.56 bits per heavy atom. The maximum atomic E-state index is 11.6. The highest BCUT2D eigenvalue weighted by molar-refractivity contribution is 4.78. The van der Waals surface area contributed by atoms with Crippen LogP contribution in [0.1, 0.15) is 0 Å². The van der Waals surface area contributed by atoms with Crippen LogP contribution in [0.5, 0.6) is 0 Å². The summed E-state index contributed by atoms with van der Waals surface area (Å²) in [5, 5.41) is 4.52. The lowest BCUT2D eigenvalue weighted by Gasteiger charge is -2.13. The molecular formula is C4H7F3N2. The Balaban J connectivity index is 2.42. The van der Waals surface area contributed by atoms with Crippen molar-refractivity contribution in [3.63, 3.8) is 0 Å². The Bertz CT molecular complexity index is 94.5. The zero-order valence-corrected chi connectivity index (χ0v) is 4.63. The normalized spacial score (nSPS) is 23.0. The van der Waals surface area contributed by atoms with E-state index in [0.29, 0.717) is 13.1 Å². The molecule has 54 valence electrons. The average molecular weight is 140 g/mol. The van der Waals surface area contributed by atoms with Gasteiger partial charge in [0.15, 0.2) is 6.17 Å². The molecule has 0 aromatic rings. The molecule has 0 amide bonds. The van der Waals surface area contributed by atoms with Gasteiger partial charge in [-0.15, -0.1) is 0 Å². The molecule has 0 saturated carbocycles. The van der Waals surface area contributed by atoms with E-state index in [-0.39, 0.29) is 0 Å². The second-order valence-corrected chi connectivity index (χ2v) is 1.88. The molecule has 0 aromatic heterocycles. The lowest BCUT2D eigenvalue weighted by atomic mass is 10.5. The van der Waals surface area contributed by atoms with E-state index in [1.807, 2.05) is 0 Å². The minimum atomic E-state index is -4.14. The Morgan fingerprint density at radius 3 is 1.78 bits per heavy atom. The van der Waals surface area contributed by atoms with Crippen LogP contribution in [0.25, 0.3) is 0 Å². The van der Waals surface area contributed by atoms with Crippen LogP contribution in [-0.2, 0) is 0 Å². The minimum absolute atomic E-state index is 0.393. The number of hydrogen-bond donors (Lipinski definition) is 2. The fourth-order valence-electron chi connectivity index (χ4n) is 0.737. The van der Waals surface area contributed by atoms with Crippen LogP contribution in [-0.4, -0.2) is 25.4 Å². The molecule has 1 saturated heterocycles. The second kappa shape index (κ2) is 2.15. The molecule has 1 rings (SSSR count). The summed E-state index contributed by atoms with van der Waals surface area (Å²) in [6.07, 6.45) is -5.63. The van der Waals surface area contributed by atoms with Crippen LogP contribution in [0, 0.1) is 0 Å². The molecule has 0 atom stereocenters. The van der Waals surface area contributed by atoms with Crippen molar-refractivity contribution in [2.75, 3.05) is 13.1 Å². The van der Waals surface area contributed by atoms with Gasteiger partial charge in [0.2, 0.25) is 0 Å². The van der Waals surface area contributed by atoms with Gasteiger partial charge in [0.05, 0.1) is 0 Å². The molecule has 0 aliphatic carbocycles. The first kappa shape index (κ1) is 6.82. The number of alkyl halides is 3. The number of halogens is 3. The van der Waals surface area contributed by atoms with Gasteiger partial charge in [0.25, 0.3) is 0 Å². The first-order chi connectivity index (χ1) is 4.11. The minimum Gasteiger partial charge on any atom is -0.293 e. The highest BCUT2D eigenvalue weighted by Gasteiger charge is 2.40. The highest BCUT2D eigenvalue weighted by Crippen LogP contribution is 2.19. The molecule has 0 radical (unpaired) electrons. The summed E-state index contributed by atoms with van der Waals surface area (Å²) in [6, 6.07) is 0. The fraction of sp³-hybridized carbons (Fsp3) is 1.00. The first-order valence-electron chi connectivity index (χ1n) is 2.64. The maximum Gasteiger partial charge on any atom is 0.417 e. The summed E-state index contributed by atoms with van der Waals surface area (Å²) >= 11 is 0. The molecule has 1 aliphatic rings. The van der Waals surface area contributed by atoms with Gasteiger partial charge >= 0.3 is 6.18 Å². The smallest absolute Gasteiger partial charge is 0.293 e. The molecule has 0 aromatic carbocycles. The lowest BCUT2D eigenvalue weighted by molar-refractivity contribution is -0.156. The van der Waals surface area contributed by atoms with Gasteiger partial charge in [-0.05, 0) is 0 Å². The number of hydrogen-bond acceptors (Lipinski definition) is 2. The predicted molar refractivity (Wildman–Crippen MR) is 25.8 cm³/mol. The van der Waals surface area contributed by atoms with Crippen molar-refractivity contribution < 1.29 is 13.2 Å². The van der Waals surface area contributed by atoms with Crippen molar-refractivity contribution in [1.29, 1.82) is 0 Å². The van der Waals surface area contributed by atoms with Crippen LogP contribution in [0.3, 0.4) is 0 Å². The maximum absolute atomic E-state index is 11.6. The molecule has 0 bridgehead atoms. The fourth-order valence-corrected chi connectivity index (χ4v) is 0.737. The van der Waals surface area contributed by atoms with E-state index in [4.69, 9.17) is 0 Å². The van der Waals surface area contributed by atoms with E-state index in [0.717, 1.165) is 0 Å². The molecule has 9 heavy (non-hydrogen) atoms. The summed E-state index contributed by atoms with van der Waals surface area (Å²) in [5.41, 5.74) is 0. The van der Waals surface area contributed by atoms with Crippen molar-refractivity contribution in [2.45, 2.75) is 12.3 Å². The monoisotopic (exact) mass is 140 g/mol. The molecule has 5 heteroatoms. The van der Waals surface area contributed by atoms with E-state index >= 15 is 0 Å². The Morgan fingerprint density at radius 1 is 1.11 bits per heavy atom. The zero-order valence-electron chi connectivity index (χ0n) is 4.63. The van der Waals surface area contributed by atoms with Gasteiger partial charge < -0.3 is 0 Å². The summed E-state index contributed by atoms with van der Waals surface area (Å²) in [5.74, 6) is 0. The molecule has 2 N–H and O–H groups in total. The van der Waals surface area contributed by atoms with E-state index in [9.17, 15) is 13.2 Å². The summed E-state index contributed by atoms with van der Waals surface area (Å²) in [7, 11) is 0. The molecule has 1 heterocycles. The number of nitrogens with one attached hydrogen (secondary N) is 2. The standard InChI is InChI=1S/C4H7F3N2/c5-4(6,7)3-8-1-2-9-3/h3,8-9H,1-2H2. The molecule has 1 aliphatic heterocycles. The Hall–Kier alpha value is -0.290. The third kappa shape index (κ3) is 1.56. The van der Waals surface area contributed by atoms with Crippen LogP contribution >= 0.6 is 0 Å². The molecule has 0 unspecified atom stereocenters. The SMILES string of the molecule is FC(F)(F)C1NCCN1. The summed E-state index contributed by atoms with van der Waals surface area (Å²) in [4.78, 5) is 0. The Kier molecular flexibility index (Phi) is 1.63. The molecule has 1 fully saturated rings. The average Bonchev–Trinajstić information content (AvgIpc) is 2.08. The van der Waals surface area contributed by atoms with Crippen LogP contribution in [0.4, 0.5) is 13.2 Å². The zero-order chi connectivity index (χ0) is 6.91. The van der Waals surface area contributed by atoms with Crippen molar-refractivity contribution in [3.05, 3.63) is 0 Å². The highest BCUT2D eigenvalue weighted by atomic mass is 19.4. The predicted octanol–water partition coefficient (Wildman–Crippen LogP) is 0.0676. The van der Waals surface area contributed by atoms with E-state index in [1.54, 1.807) is 0 Å². The third-order valence-corrected chi connectivity index (χ3v) is 1.15. The van der Waals surface area contributed by atoms with Gasteiger partial charge in [0.1, 0.15) is 0 Å². The van der Waals surface area contributed by atoms with Crippen molar-refractivity contribution in [3.8, 4) is 0 Å². The van der Waals surface area contributed by atoms with E-state index < -0.39 is 12.3 Å². The Labute approximate surface area is 50.4 Å². The van der Waals surface area contributed by atoms with Crippen LogP contribution in [0.2, 0.25) is 0 Å².